The van der Waals surface area contributed by atoms with E-state index in [-0.39, 0.29) is 6.42 Å². The Balaban J connectivity index is 2.35. The van der Waals surface area contributed by atoms with Crippen LogP contribution in [0.1, 0.15) is 24.3 Å². The van der Waals surface area contributed by atoms with Crippen molar-refractivity contribution in [1.29, 1.82) is 0 Å². The Bertz CT molecular complexity index is 379. The van der Waals surface area contributed by atoms with Gasteiger partial charge in [0.05, 0.1) is 0 Å². The van der Waals surface area contributed by atoms with E-state index < -0.39 is 11.8 Å². The van der Waals surface area contributed by atoms with Crippen molar-refractivity contribution in [2.45, 2.75) is 24.7 Å². The SMILES string of the molecule is CNc1ccc(Cl)c(C2CCC2(F)F)c1. The lowest BCUT2D eigenvalue weighted by molar-refractivity contribution is -0.0961. The average Bonchev–Trinajstić information content (AvgIpc) is 2.20. The maximum absolute atomic E-state index is 13.2. The Morgan fingerprint density at radius 1 is 1.47 bits per heavy atom. The summed E-state index contributed by atoms with van der Waals surface area (Å²) in [6.07, 6.45) is 0.484. The van der Waals surface area contributed by atoms with Crippen molar-refractivity contribution in [3.63, 3.8) is 0 Å². The van der Waals surface area contributed by atoms with E-state index in [9.17, 15) is 8.78 Å². The Kier molecular flexibility index (Phi) is 2.59. The van der Waals surface area contributed by atoms with Crippen LogP contribution in [0.25, 0.3) is 0 Å². The van der Waals surface area contributed by atoms with Crippen molar-refractivity contribution in [2.75, 3.05) is 12.4 Å². The van der Waals surface area contributed by atoms with Gasteiger partial charge < -0.3 is 5.32 Å². The summed E-state index contributed by atoms with van der Waals surface area (Å²) in [7, 11) is 1.76. The van der Waals surface area contributed by atoms with Gasteiger partial charge in [-0.2, -0.15) is 0 Å². The molecule has 2 rings (SSSR count). The lowest BCUT2D eigenvalue weighted by Gasteiger charge is -2.37. The molecule has 1 aromatic rings. The summed E-state index contributed by atoms with van der Waals surface area (Å²) < 4.78 is 26.4. The van der Waals surface area contributed by atoms with E-state index in [2.05, 4.69) is 5.32 Å². The number of hydrogen-bond acceptors (Lipinski definition) is 1. The lowest BCUT2D eigenvalue weighted by atomic mass is 9.76. The fourth-order valence-electron chi connectivity index (χ4n) is 1.86. The molecule has 1 aromatic carbocycles. The van der Waals surface area contributed by atoms with Gasteiger partial charge in [0.15, 0.2) is 0 Å². The van der Waals surface area contributed by atoms with Crippen LogP contribution in [0.2, 0.25) is 5.02 Å². The topological polar surface area (TPSA) is 12.0 Å². The highest BCUT2D eigenvalue weighted by Crippen LogP contribution is 2.51. The molecule has 1 N–H and O–H groups in total. The summed E-state index contributed by atoms with van der Waals surface area (Å²) in [6, 6.07) is 5.15. The normalized spacial score (nSPS) is 23.3. The second-order valence-corrected chi connectivity index (χ2v) is 4.25. The molecule has 0 aromatic heterocycles. The van der Waals surface area contributed by atoms with Gasteiger partial charge in [0.2, 0.25) is 0 Å². The maximum atomic E-state index is 13.2. The first-order valence-electron chi connectivity index (χ1n) is 4.89. The molecule has 4 heteroatoms. The van der Waals surface area contributed by atoms with E-state index in [1.807, 2.05) is 0 Å². The van der Waals surface area contributed by atoms with Crippen LogP contribution in [-0.2, 0) is 0 Å². The van der Waals surface area contributed by atoms with Crippen molar-refractivity contribution in [2.24, 2.45) is 0 Å². The number of rotatable bonds is 2. The number of alkyl halides is 2. The van der Waals surface area contributed by atoms with Crippen molar-refractivity contribution < 1.29 is 8.78 Å². The fourth-order valence-corrected chi connectivity index (χ4v) is 2.11. The molecule has 82 valence electrons. The highest BCUT2D eigenvalue weighted by atomic mass is 35.5. The second kappa shape index (κ2) is 3.63. The molecular weight excluding hydrogens is 220 g/mol. The van der Waals surface area contributed by atoms with Crippen LogP contribution < -0.4 is 5.32 Å². The van der Waals surface area contributed by atoms with E-state index >= 15 is 0 Å². The molecule has 0 spiro atoms. The average molecular weight is 232 g/mol. The van der Waals surface area contributed by atoms with Crippen LogP contribution >= 0.6 is 11.6 Å². The summed E-state index contributed by atoms with van der Waals surface area (Å²) in [5.41, 5.74) is 1.37. The molecule has 0 amide bonds. The molecule has 0 aliphatic heterocycles. The highest BCUT2D eigenvalue weighted by molar-refractivity contribution is 6.31. The van der Waals surface area contributed by atoms with E-state index in [0.717, 1.165) is 5.69 Å². The minimum atomic E-state index is -2.59. The van der Waals surface area contributed by atoms with Crippen molar-refractivity contribution in [3.8, 4) is 0 Å². The predicted molar refractivity (Wildman–Crippen MR) is 57.9 cm³/mol. The molecule has 1 atom stereocenters. The molecule has 0 saturated heterocycles. The van der Waals surface area contributed by atoms with Gasteiger partial charge in [0.25, 0.3) is 5.92 Å². The van der Waals surface area contributed by atoms with Gasteiger partial charge in [-0.25, -0.2) is 8.78 Å². The summed E-state index contributed by atoms with van der Waals surface area (Å²) in [5, 5.41) is 3.35. The maximum Gasteiger partial charge on any atom is 0.254 e. The predicted octanol–water partition coefficient (Wildman–Crippen LogP) is 3.89. The largest absolute Gasteiger partial charge is 0.388 e. The van der Waals surface area contributed by atoms with Crippen LogP contribution in [-0.4, -0.2) is 13.0 Å². The van der Waals surface area contributed by atoms with Crippen LogP contribution in [0.3, 0.4) is 0 Å². The minimum absolute atomic E-state index is 0.0300. The number of hydrogen-bond donors (Lipinski definition) is 1. The second-order valence-electron chi connectivity index (χ2n) is 3.84. The molecule has 1 unspecified atom stereocenters. The summed E-state index contributed by atoms with van der Waals surface area (Å²) >= 11 is 5.93. The van der Waals surface area contributed by atoms with Gasteiger partial charge in [-0.1, -0.05) is 11.6 Å². The smallest absolute Gasteiger partial charge is 0.254 e. The molecule has 1 aliphatic rings. The van der Waals surface area contributed by atoms with E-state index in [1.54, 1.807) is 25.2 Å². The highest BCUT2D eigenvalue weighted by Gasteiger charge is 2.49. The van der Waals surface area contributed by atoms with Gasteiger partial charge in [0, 0.05) is 30.1 Å². The summed E-state index contributed by atoms with van der Waals surface area (Å²) in [5.74, 6) is -3.30. The third-order valence-corrected chi connectivity index (χ3v) is 3.28. The molecule has 0 radical (unpaired) electrons. The van der Waals surface area contributed by atoms with Gasteiger partial charge in [0.1, 0.15) is 0 Å². The fraction of sp³-hybridized carbons (Fsp3) is 0.455. The van der Waals surface area contributed by atoms with E-state index in [0.29, 0.717) is 17.0 Å². The number of benzene rings is 1. The third kappa shape index (κ3) is 1.81. The number of halogens is 3. The van der Waals surface area contributed by atoms with E-state index in [1.165, 1.54) is 0 Å². The Labute approximate surface area is 92.4 Å². The number of nitrogens with one attached hydrogen (secondary N) is 1. The number of anilines is 1. The van der Waals surface area contributed by atoms with Crippen LogP contribution in [0.15, 0.2) is 18.2 Å². The first-order valence-corrected chi connectivity index (χ1v) is 5.27. The zero-order chi connectivity index (χ0) is 11.1. The van der Waals surface area contributed by atoms with Crippen LogP contribution in [0, 0.1) is 0 Å². The molecule has 1 fully saturated rings. The van der Waals surface area contributed by atoms with Gasteiger partial charge in [-0.3, -0.25) is 0 Å². The molecule has 1 saturated carbocycles. The zero-order valence-corrected chi connectivity index (χ0v) is 9.11. The van der Waals surface area contributed by atoms with Gasteiger partial charge in [-0.05, 0) is 30.2 Å². The molecular formula is C11H12ClF2N. The molecule has 1 aliphatic carbocycles. The Morgan fingerprint density at radius 2 is 2.20 bits per heavy atom. The minimum Gasteiger partial charge on any atom is -0.388 e. The van der Waals surface area contributed by atoms with Gasteiger partial charge in [-0.15, -0.1) is 0 Å². The molecule has 15 heavy (non-hydrogen) atoms. The first kappa shape index (κ1) is 10.7. The summed E-state index contributed by atoms with van der Waals surface area (Å²) in [6.45, 7) is 0. The lowest BCUT2D eigenvalue weighted by Crippen LogP contribution is -2.36. The van der Waals surface area contributed by atoms with Crippen LogP contribution in [0.5, 0.6) is 0 Å². The molecule has 1 nitrogen and oxygen atoms in total. The zero-order valence-electron chi connectivity index (χ0n) is 8.36. The third-order valence-electron chi connectivity index (χ3n) is 2.94. The van der Waals surface area contributed by atoms with Gasteiger partial charge >= 0.3 is 0 Å². The van der Waals surface area contributed by atoms with Crippen molar-refractivity contribution in [3.05, 3.63) is 28.8 Å². The standard InChI is InChI=1S/C11H12ClF2N/c1-15-7-2-3-10(12)8(6-7)9-4-5-11(9,13)14/h2-3,6,9,15H,4-5H2,1H3. The van der Waals surface area contributed by atoms with Crippen molar-refractivity contribution >= 4 is 17.3 Å². The Hall–Kier alpha value is -0.830. The quantitative estimate of drug-likeness (QED) is 0.814. The molecule has 0 heterocycles. The van der Waals surface area contributed by atoms with E-state index in [4.69, 9.17) is 11.6 Å². The monoisotopic (exact) mass is 231 g/mol. The van der Waals surface area contributed by atoms with Crippen molar-refractivity contribution in [1.82, 2.24) is 0 Å². The molecule has 0 bridgehead atoms. The summed E-state index contributed by atoms with van der Waals surface area (Å²) in [4.78, 5) is 0. The van der Waals surface area contributed by atoms with Crippen LogP contribution in [0.4, 0.5) is 14.5 Å². The Morgan fingerprint density at radius 3 is 2.67 bits per heavy atom. The first-order chi connectivity index (χ1) is 7.04.